The van der Waals surface area contributed by atoms with Gasteiger partial charge in [0.2, 0.25) is 0 Å². The number of hydrogen-bond acceptors (Lipinski definition) is 4. The van der Waals surface area contributed by atoms with Gasteiger partial charge >= 0.3 is 0 Å². The van der Waals surface area contributed by atoms with E-state index in [1.54, 1.807) is 16.4 Å². The number of hydrogen-bond donors (Lipinski definition) is 2. The molecule has 0 spiro atoms. The van der Waals surface area contributed by atoms with Gasteiger partial charge in [0.15, 0.2) is 0 Å². The van der Waals surface area contributed by atoms with Crippen LogP contribution in [-0.2, 0) is 7.05 Å². The molecule has 1 rings (SSSR count). The molecule has 0 aliphatic carbocycles. The first-order chi connectivity index (χ1) is 8.47. The van der Waals surface area contributed by atoms with E-state index in [0.29, 0.717) is 17.7 Å². The van der Waals surface area contributed by atoms with Crippen LogP contribution in [-0.4, -0.2) is 45.5 Å². The lowest BCUT2D eigenvalue weighted by Crippen LogP contribution is -2.33. The summed E-state index contributed by atoms with van der Waals surface area (Å²) >= 11 is 1.68. The summed E-state index contributed by atoms with van der Waals surface area (Å²) in [5.41, 5.74) is 2.16. The van der Waals surface area contributed by atoms with Gasteiger partial charge in [-0.3, -0.25) is 9.48 Å². The second-order valence-electron chi connectivity index (χ2n) is 4.31. The average Bonchev–Trinajstić information content (AvgIpc) is 2.58. The van der Waals surface area contributed by atoms with Crippen LogP contribution in [0.5, 0.6) is 0 Å². The number of carbonyl (C=O) groups excluding carboxylic acids is 1. The van der Waals surface area contributed by atoms with Crippen molar-refractivity contribution in [1.29, 1.82) is 0 Å². The van der Waals surface area contributed by atoms with Crippen molar-refractivity contribution in [3.8, 4) is 0 Å². The third-order valence-electron chi connectivity index (χ3n) is 2.89. The van der Waals surface area contributed by atoms with E-state index < -0.39 is 6.10 Å². The number of nitrogens with one attached hydrogen (secondary N) is 1. The molecule has 0 aliphatic rings. The molecule has 5 nitrogen and oxygen atoms in total. The monoisotopic (exact) mass is 271 g/mol. The van der Waals surface area contributed by atoms with Crippen LogP contribution in [0, 0.1) is 13.8 Å². The first kappa shape index (κ1) is 15.0. The van der Waals surface area contributed by atoms with Gasteiger partial charge < -0.3 is 10.4 Å². The highest BCUT2D eigenvalue weighted by molar-refractivity contribution is 7.98. The van der Waals surface area contributed by atoms with Gasteiger partial charge in [0.05, 0.1) is 17.4 Å². The van der Waals surface area contributed by atoms with E-state index in [1.807, 2.05) is 27.2 Å². The Balaban J connectivity index is 2.55. The van der Waals surface area contributed by atoms with Crippen molar-refractivity contribution in [1.82, 2.24) is 15.1 Å². The molecular formula is C12H21N3O2S. The lowest BCUT2D eigenvalue weighted by atomic mass is 10.2. The zero-order valence-electron chi connectivity index (χ0n) is 11.4. The fraction of sp³-hybridized carbons (Fsp3) is 0.667. The molecule has 1 atom stereocenters. The largest absolute Gasteiger partial charge is 0.391 e. The summed E-state index contributed by atoms with van der Waals surface area (Å²) in [7, 11) is 1.81. The van der Waals surface area contributed by atoms with Crippen molar-refractivity contribution >= 4 is 17.7 Å². The number of aliphatic hydroxyl groups is 1. The van der Waals surface area contributed by atoms with Crippen LogP contribution in [0.4, 0.5) is 0 Å². The second kappa shape index (κ2) is 6.80. The summed E-state index contributed by atoms with van der Waals surface area (Å²) < 4.78 is 1.69. The molecule has 0 fully saturated rings. The number of thioether (sulfide) groups is 1. The third kappa shape index (κ3) is 3.74. The lowest BCUT2D eigenvalue weighted by molar-refractivity contribution is 0.0913. The Labute approximate surface area is 112 Å². The Morgan fingerprint density at radius 3 is 2.72 bits per heavy atom. The van der Waals surface area contributed by atoms with E-state index in [1.165, 1.54) is 0 Å². The zero-order chi connectivity index (χ0) is 13.7. The van der Waals surface area contributed by atoms with Crippen LogP contribution in [0.15, 0.2) is 0 Å². The molecule has 102 valence electrons. The SMILES string of the molecule is CSCCC(O)CNC(=O)c1c(C)nn(C)c1C. The van der Waals surface area contributed by atoms with E-state index in [-0.39, 0.29) is 12.5 Å². The van der Waals surface area contributed by atoms with Gasteiger partial charge in [0.1, 0.15) is 0 Å². The maximum atomic E-state index is 12.0. The van der Waals surface area contributed by atoms with Crippen molar-refractivity contribution in [2.45, 2.75) is 26.4 Å². The molecule has 0 saturated carbocycles. The first-order valence-corrected chi connectivity index (χ1v) is 7.32. The number of carbonyl (C=O) groups is 1. The minimum absolute atomic E-state index is 0.165. The molecule has 1 heterocycles. The fourth-order valence-corrected chi connectivity index (χ4v) is 2.26. The third-order valence-corrected chi connectivity index (χ3v) is 3.53. The summed E-state index contributed by atoms with van der Waals surface area (Å²) in [5, 5.41) is 16.6. The van der Waals surface area contributed by atoms with Crippen LogP contribution in [0.3, 0.4) is 0 Å². The van der Waals surface area contributed by atoms with Crippen molar-refractivity contribution in [2.75, 3.05) is 18.6 Å². The molecule has 1 amide bonds. The van der Waals surface area contributed by atoms with Gasteiger partial charge in [-0.2, -0.15) is 16.9 Å². The van der Waals surface area contributed by atoms with Gasteiger partial charge in [0.25, 0.3) is 5.91 Å². The smallest absolute Gasteiger partial charge is 0.255 e. The summed E-state index contributed by atoms with van der Waals surface area (Å²) in [4.78, 5) is 12.0. The molecule has 6 heteroatoms. The quantitative estimate of drug-likeness (QED) is 0.806. The molecule has 1 aromatic heterocycles. The number of rotatable bonds is 6. The molecule has 1 unspecified atom stereocenters. The molecule has 18 heavy (non-hydrogen) atoms. The van der Waals surface area contributed by atoms with E-state index >= 15 is 0 Å². The van der Waals surface area contributed by atoms with Crippen LogP contribution >= 0.6 is 11.8 Å². The second-order valence-corrected chi connectivity index (χ2v) is 5.30. The van der Waals surface area contributed by atoms with Crippen molar-refractivity contribution < 1.29 is 9.90 Å². The van der Waals surface area contributed by atoms with Crippen LogP contribution in [0.25, 0.3) is 0 Å². The Bertz CT molecular complexity index is 418. The molecule has 0 aromatic carbocycles. The molecule has 0 saturated heterocycles. The topological polar surface area (TPSA) is 67.2 Å². The van der Waals surface area contributed by atoms with E-state index in [4.69, 9.17) is 0 Å². The minimum atomic E-state index is -0.487. The van der Waals surface area contributed by atoms with Crippen molar-refractivity contribution in [3.63, 3.8) is 0 Å². The molecule has 0 aliphatic heterocycles. The van der Waals surface area contributed by atoms with Gasteiger partial charge in [-0.25, -0.2) is 0 Å². The molecule has 2 N–H and O–H groups in total. The molecule has 1 aromatic rings. The van der Waals surface area contributed by atoms with E-state index in [2.05, 4.69) is 10.4 Å². The van der Waals surface area contributed by atoms with Crippen LogP contribution in [0.1, 0.15) is 28.2 Å². The fourth-order valence-electron chi connectivity index (χ4n) is 1.76. The summed E-state index contributed by atoms with van der Waals surface area (Å²) in [5.74, 6) is 0.725. The highest BCUT2D eigenvalue weighted by atomic mass is 32.2. The van der Waals surface area contributed by atoms with Crippen LogP contribution in [0.2, 0.25) is 0 Å². The summed E-state index contributed by atoms with van der Waals surface area (Å²) in [6.07, 6.45) is 2.19. The Morgan fingerprint density at radius 2 is 2.22 bits per heavy atom. The van der Waals surface area contributed by atoms with Gasteiger partial charge in [-0.05, 0) is 32.3 Å². The summed E-state index contributed by atoms with van der Waals surface area (Å²) in [6, 6.07) is 0. The zero-order valence-corrected chi connectivity index (χ0v) is 12.2. The minimum Gasteiger partial charge on any atom is -0.391 e. The first-order valence-electron chi connectivity index (χ1n) is 5.92. The average molecular weight is 271 g/mol. The van der Waals surface area contributed by atoms with E-state index in [9.17, 15) is 9.90 Å². The number of aliphatic hydroxyl groups excluding tert-OH is 1. The maximum absolute atomic E-state index is 12.0. The number of aryl methyl sites for hydroxylation is 2. The Kier molecular flexibility index (Phi) is 5.68. The van der Waals surface area contributed by atoms with Crippen molar-refractivity contribution in [3.05, 3.63) is 17.0 Å². The Hall–Kier alpha value is -1.01. The van der Waals surface area contributed by atoms with Crippen LogP contribution < -0.4 is 5.32 Å². The predicted octanol–water partition coefficient (Wildman–Crippen LogP) is 0.881. The maximum Gasteiger partial charge on any atom is 0.255 e. The van der Waals surface area contributed by atoms with E-state index in [0.717, 1.165) is 11.4 Å². The lowest BCUT2D eigenvalue weighted by Gasteiger charge is -2.11. The van der Waals surface area contributed by atoms with Gasteiger partial charge in [-0.15, -0.1) is 0 Å². The number of nitrogens with zero attached hydrogens (tertiary/aromatic N) is 2. The van der Waals surface area contributed by atoms with Gasteiger partial charge in [-0.1, -0.05) is 0 Å². The number of aromatic nitrogens is 2. The molecular weight excluding hydrogens is 250 g/mol. The predicted molar refractivity (Wildman–Crippen MR) is 74.0 cm³/mol. The number of amides is 1. The van der Waals surface area contributed by atoms with Gasteiger partial charge in [0, 0.05) is 19.3 Å². The normalized spacial score (nSPS) is 12.5. The standard InChI is InChI=1S/C12H21N3O2S/c1-8-11(9(2)15(3)14-8)12(17)13-7-10(16)5-6-18-4/h10,16H,5-7H2,1-4H3,(H,13,17). The highest BCUT2D eigenvalue weighted by Gasteiger charge is 2.17. The summed E-state index contributed by atoms with van der Waals surface area (Å²) in [6.45, 7) is 3.96. The molecule has 0 bridgehead atoms. The highest BCUT2D eigenvalue weighted by Crippen LogP contribution is 2.11. The van der Waals surface area contributed by atoms with Crippen molar-refractivity contribution in [2.24, 2.45) is 7.05 Å². The molecule has 0 radical (unpaired) electrons. The Morgan fingerprint density at radius 1 is 1.56 bits per heavy atom.